The Hall–Kier alpha value is -2.83. The van der Waals surface area contributed by atoms with Gasteiger partial charge in [0.05, 0.1) is 0 Å². The van der Waals surface area contributed by atoms with Crippen LogP contribution in [-0.4, -0.2) is 39.5 Å². The molecule has 0 spiro atoms. The number of anilines is 1. The first kappa shape index (κ1) is 16.0. The zero-order valence-corrected chi connectivity index (χ0v) is 13.7. The number of ether oxygens (including phenoxy) is 1. The average molecular weight is 328 g/mol. The van der Waals surface area contributed by atoms with Gasteiger partial charge in [-0.3, -0.25) is 14.7 Å². The second-order valence-electron chi connectivity index (χ2n) is 5.88. The van der Waals surface area contributed by atoms with E-state index in [1.807, 2.05) is 6.92 Å². The van der Waals surface area contributed by atoms with Crippen LogP contribution >= 0.6 is 0 Å². The van der Waals surface area contributed by atoms with E-state index in [-0.39, 0.29) is 17.9 Å². The summed E-state index contributed by atoms with van der Waals surface area (Å²) in [4.78, 5) is 25.5. The molecule has 1 atom stereocenters. The van der Waals surface area contributed by atoms with Crippen molar-refractivity contribution in [2.24, 2.45) is 0 Å². The molecule has 126 valence electrons. The third kappa shape index (κ3) is 3.56. The lowest BCUT2D eigenvalue weighted by molar-refractivity contribution is -0.134. The number of hydrogen-bond acceptors (Lipinski definition) is 4. The summed E-state index contributed by atoms with van der Waals surface area (Å²) >= 11 is 0. The number of nitrogens with one attached hydrogen (secondary N) is 2. The molecule has 2 heterocycles. The molecule has 3 rings (SSSR count). The van der Waals surface area contributed by atoms with E-state index >= 15 is 0 Å². The molecule has 1 aromatic heterocycles. The van der Waals surface area contributed by atoms with E-state index in [1.165, 1.54) is 6.92 Å². The number of carbonyl (C=O) groups is 2. The van der Waals surface area contributed by atoms with Gasteiger partial charge in [-0.25, -0.2) is 0 Å². The van der Waals surface area contributed by atoms with Crippen molar-refractivity contribution in [1.82, 2.24) is 15.1 Å². The van der Waals surface area contributed by atoms with Crippen molar-refractivity contribution in [2.45, 2.75) is 32.7 Å². The maximum absolute atomic E-state index is 12.4. The Morgan fingerprint density at radius 1 is 1.33 bits per heavy atom. The lowest BCUT2D eigenvalue weighted by atomic mass is 10.2. The number of benzene rings is 1. The minimum absolute atomic E-state index is 0.0642. The SMILES string of the molecule is CC(=O)N1CCC[C@H]1C(=O)Nc1ccc(Oc2cc(C)[nH]n2)cc1. The molecule has 1 saturated heterocycles. The lowest BCUT2D eigenvalue weighted by Gasteiger charge is -2.22. The molecule has 1 aliphatic rings. The lowest BCUT2D eigenvalue weighted by Crippen LogP contribution is -2.42. The zero-order valence-electron chi connectivity index (χ0n) is 13.7. The molecule has 0 radical (unpaired) electrons. The normalized spacial score (nSPS) is 16.9. The summed E-state index contributed by atoms with van der Waals surface area (Å²) in [6.07, 6.45) is 1.55. The van der Waals surface area contributed by atoms with Gasteiger partial charge in [0.1, 0.15) is 11.8 Å². The molecule has 1 fully saturated rings. The van der Waals surface area contributed by atoms with Crippen LogP contribution in [0.4, 0.5) is 5.69 Å². The van der Waals surface area contributed by atoms with Crippen molar-refractivity contribution in [2.75, 3.05) is 11.9 Å². The van der Waals surface area contributed by atoms with Crippen LogP contribution in [0.15, 0.2) is 30.3 Å². The second-order valence-corrected chi connectivity index (χ2v) is 5.88. The molecular weight excluding hydrogens is 308 g/mol. The van der Waals surface area contributed by atoms with Gasteiger partial charge in [-0.15, -0.1) is 5.10 Å². The van der Waals surface area contributed by atoms with E-state index in [1.54, 1.807) is 35.2 Å². The van der Waals surface area contributed by atoms with Crippen molar-refractivity contribution in [1.29, 1.82) is 0 Å². The number of aryl methyl sites for hydroxylation is 1. The van der Waals surface area contributed by atoms with E-state index in [9.17, 15) is 9.59 Å². The van der Waals surface area contributed by atoms with Gasteiger partial charge < -0.3 is 15.0 Å². The van der Waals surface area contributed by atoms with Crippen LogP contribution in [-0.2, 0) is 9.59 Å². The molecule has 2 N–H and O–H groups in total. The maximum atomic E-state index is 12.4. The maximum Gasteiger partial charge on any atom is 0.247 e. The predicted molar refractivity (Wildman–Crippen MR) is 88.9 cm³/mol. The van der Waals surface area contributed by atoms with Crippen molar-refractivity contribution in [3.05, 3.63) is 36.0 Å². The molecule has 2 aromatic rings. The van der Waals surface area contributed by atoms with E-state index in [4.69, 9.17) is 4.74 Å². The van der Waals surface area contributed by atoms with Gasteiger partial charge in [-0.2, -0.15) is 0 Å². The summed E-state index contributed by atoms with van der Waals surface area (Å²) in [5.74, 6) is 0.906. The molecule has 0 bridgehead atoms. The number of nitrogens with zero attached hydrogens (tertiary/aromatic N) is 2. The number of aromatic nitrogens is 2. The molecule has 24 heavy (non-hydrogen) atoms. The molecule has 0 saturated carbocycles. The van der Waals surface area contributed by atoms with Gasteiger partial charge in [0.15, 0.2) is 0 Å². The minimum atomic E-state index is -0.384. The first-order chi connectivity index (χ1) is 11.5. The van der Waals surface area contributed by atoms with Crippen LogP contribution in [0.25, 0.3) is 0 Å². The smallest absolute Gasteiger partial charge is 0.247 e. The highest BCUT2D eigenvalue weighted by molar-refractivity contribution is 5.97. The van der Waals surface area contributed by atoms with Crippen molar-refractivity contribution in [3.8, 4) is 11.6 Å². The molecule has 0 unspecified atom stereocenters. The fourth-order valence-corrected chi connectivity index (χ4v) is 2.81. The summed E-state index contributed by atoms with van der Waals surface area (Å²) < 4.78 is 5.60. The summed E-state index contributed by atoms with van der Waals surface area (Å²) in [6, 6.07) is 8.46. The van der Waals surface area contributed by atoms with Gasteiger partial charge in [0, 0.05) is 30.9 Å². The van der Waals surface area contributed by atoms with Crippen LogP contribution < -0.4 is 10.1 Å². The topological polar surface area (TPSA) is 87.3 Å². The highest BCUT2D eigenvalue weighted by Crippen LogP contribution is 2.23. The van der Waals surface area contributed by atoms with E-state index in [0.29, 0.717) is 30.3 Å². The molecule has 7 nitrogen and oxygen atoms in total. The minimum Gasteiger partial charge on any atom is -0.438 e. The van der Waals surface area contributed by atoms with Crippen LogP contribution in [0.1, 0.15) is 25.5 Å². The number of rotatable bonds is 4. The third-order valence-corrected chi connectivity index (χ3v) is 3.99. The molecule has 2 amide bonds. The first-order valence-corrected chi connectivity index (χ1v) is 7.91. The Balaban J connectivity index is 1.61. The van der Waals surface area contributed by atoms with E-state index in [2.05, 4.69) is 15.5 Å². The fourth-order valence-electron chi connectivity index (χ4n) is 2.81. The van der Waals surface area contributed by atoms with Crippen LogP contribution in [0, 0.1) is 6.92 Å². The summed E-state index contributed by atoms with van der Waals surface area (Å²) in [5.41, 5.74) is 1.58. The Bertz CT molecular complexity index is 739. The monoisotopic (exact) mass is 328 g/mol. The van der Waals surface area contributed by atoms with Gasteiger partial charge in [0.25, 0.3) is 0 Å². The molecule has 0 aliphatic carbocycles. The molecule has 7 heteroatoms. The molecular formula is C17H20N4O3. The molecule has 1 aliphatic heterocycles. The van der Waals surface area contributed by atoms with Crippen LogP contribution in [0.5, 0.6) is 11.6 Å². The number of hydrogen-bond donors (Lipinski definition) is 2. The second kappa shape index (κ2) is 6.74. The quantitative estimate of drug-likeness (QED) is 0.902. The van der Waals surface area contributed by atoms with Gasteiger partial charge in [-0.1, -0.05) is 0 Å². The van der Waals surface area contributed by atoms with Crippen molar-refractivity contribution < 1.29 is 14.3 Å². The fraction of sp³-hybridized carbons (Fsp3) is 0.353. The Morgan fingerprint density at radius 2 is 2.08 bits per heavy atom. The van der Waals surface area contributed by atoms with E-state index in [0.717, 1.165) is 12.1 Å². The van der Waals surface area contributed by atoms with Gasteiger partial charge in [0.2, 0.25) is 17.7 Å². The first-order valence-electron chi connectivity index (χ1n) is 7.91. The average Bonchev–Trinajstić information content (AvgIpc) is 3.18. The Kier molecular flexibility index (Phi) is 4.50. The molecule has 1 aromatic carbocycles. The number of amides is 2. The van der Waals surface area contributed by atoms with Crippen LogP contribution in [0.3, 0.4) is 0 Å². The van der Waals surface area contributed by atoms with Gasteiger partial charge in [-0.05, 0) is 44.0 Å². The largest absolute Gasteiger partial charge is 0.438 e. The summed E-state index contributed by atoms with van der Waals surface area (Å²) in [6.45, 7) is 4.03. The highest BCUT2D eigenvalue weighted by Gasteiger charge is 2.32. The van der Waals surface area contributed by atoms with Crippen molar-refractivity contribution >= 4 is 17.5 Å². The standard InChI is InChI=1S/C17H20N4O3/c1-11-10-16(20-19-11)24-14-7-5-13(6-8-14)18-17(23)15-4-3-9-21(15)12(2)22/h5-8,10,15H,3-4,9H2,1-2H3,(H,18,23)(H,19,20)/t15-/m0/s1. The number of carbonyl (C=O) groups excluding carboxylic acids is 2. The number of H-pyrrole nitrogens is 1. The van der Waals surface area contributed by atoms with Crippen LogP contribution in [0.2, 0.25) is 0 Å². The number of likely N-dealkylation sites (tertiary alicyclic amines) is 1. The predicted octanol–water partition coefficient (Wildman–Crippen LogP) is 2.46. The highest BCUT2D eigenvalue weighted by atomic mass is 16.5. The Labute approximate surface area is 140 Å². The zero-order chi connectivity index (χ0) is 17.1. The Morgan fingerprint density at radius 3 is 2.71 bits per heavy atom. The van der Waals surface area contributed by atoms with E-state index < -0.39 is 0 Å². The number of aromatic amines is 1. The summed E-state index contributed by atoms with van der Waals surface area (Å²) in [7, 11) is 0. The van der Waals surface area contributed by atoms with Gasteiger partial charge >= 0.3 is 0 Å². The third-order valence-electron chi connectivity index (χ3n) is 3.99. The van der Waals surface area contributed by atoms with Crippen molar-refractivity contribution in [3.63, 3.8) is 0 Å². The summed E-state index contributed by atoms with van der Waals surface area (Å²) in [5, 5.41) is 9.66.